The van der Waals surface area contributed by atoms with Crippen LogP contribution in [-0.2, 0) is 4.74 Å². The van der Waals surface area contributed by atoms with Crippen LogP contribution in [-0.4, -0.2) is 16.5 Å². The summed E-state index contributed by atoms with van der Waals surface area (Å²) in [7, 11) is 0. The summed E-state index contributed by atoms with van der Waals surface area (Å²) in [5.41, 5.74) is 1.79. The molecule has 24 heavy (non-hydrogen) atoms. The van der Waals surface area contributed by atoms with Crippen molar-refractivity contribution in [2.75, 3.05) is 4.90 Å². The normalized spacial score (nSPS) is 23.8. The van der Waals surface area contributed by atoms with Gasteiger partial charge in [0, 0.05) is 11.3 Å². The smallest absolute Gasteiger partial charge is 0.268 e. The van der Waals surface area contributed by atoms with Crippen LogP contribution >= 0.6 is 12.2 Å². The number of nitrogens with zero attached hydrogens (tertiary/aromatic N) is 1. The van der Waals surface area contributed by atoms with Gasteiger partial charge in [-0.25, -0.2) is 0 Å². The minimum atomic E-state index is -0.812. The average molecular weight is 337 g/mol. The van der Waals surface area contributed by atoms with E-state index in [-0.39, 0.29) is 0 Å². The summed E-state index contributed by atoms with van der Waals surface area (Å²) in [6.45, 7) is 6.09. The third kappa shape index (κ3) is 2.06. The fourth-order valence-electron chi connectivity index (χ4n) is 3.36. The molecule has 1 fully saturated rings. The maximum Gasteiger partial charge on any atom is 0.268 e. The summed E-state index contributed by atoms with van der Waals surface area (Å²) in [6.07, 6.45) is 4.15. The molecule has 3 nitrogen and oxygen atoms in total. The average Bonchev–Trinajstić information content (AvgIpc) is 2.74. The third-order valence-electron chi connectivity index (χ3n) is 4.65. The number of hydrogen-bond donors (Lipinski definition) is 0. The van der Waals surface area contributed by atoms with Gasteiger partial charge in [0.05, 0.1) is 0 Å². The molecule has 2 aromatic carbocycles. The Bertz CT molecular complexity index is 844. The van der Waals surface area contributed by atoms with Gasteiger partial charge in [-0.3, -0.25) is 4.90 Å². The second kappa shape index (κ2) is 5.08. The number of fused-ring (bicyclic) bond motifs is 1. The van der Waals surface area contributed by atoms with Crippen molar-refractivity contribution in [3.05, 3.63) is 65.7 Å². The van der Waals surface area contributed by atoms with Gasteiger partial charge in [0.25, 0.3) is 5.17 Å². The lowest BCUT2D eigenvalue weighted by Gasteiger charge is -2.43. The van der Waals surface area contributed by atoms with Gasteiger partial charge < -0.3 is 9.47 Å². The maximum absolute atomic E-state index is 6.51. The zero-order valence-corrected chi connectivity index (χ0v) is 14.8. The predicted molar refractivity (Wildman–Crippen MR) is 100 cm³/mol. The highest BCUT2D eigenvalue weighted by atomic mass is 32.1. The second-order valence-electron chi connectivity index (χ2n) is 6.72. The Hall–Kier alpha value is -2.33. The van der Waals surface area contributed by atoms with E-state index in [0.29, 0.717) is 5.17 Å². The summed E-state index contributed by atoms with van der Waals surface area (Å²) >= 11 is 5.53. The number of aryl methyl sites for hydroxylation is 1. The van der Waals surface area contributed by atoms with Crippen LogP contribution in [0.3, 0.4) is 0 Å². The van der Waals surface area contributed by atoms with Gasteiger partial charge in [-0.15, -0.1) is 0 Å². The first-order chi connectivity index (χ1) is 11.4. The molecule has 2 heterocycles. The molecule has 0 aromatic heterocycles. The molecular formula is C20H19NO2S. The zero-order valence-electron chi connectivity index (χ0n) is 13.9. The van der Waals surface area contributed by atoms with Crippen LogP contribution in [0.5, 0.6) is 5.75 Å². The quantitative estimate of drug-likeness (QED) is 0.703. The molecular weight excluding hydrogens is 318 g/mol. The SMILES string of the molecule is Cc1ccc2c(c1)C=CC1(O2)N(c2ccccc2)C(=S)OC1(C)C. The van der Waals surface area contributed by atoms with Gasteiger partial charge in [0.1, 0.15) is 5.75 Å². The van der Waals surface area contributed by atoms with E-state index in [2.05, 4.69) is 31.2 Å². The number of para-hydroxylation sites is 1. The lowest BCUT2D eigenvalue weighted by molar-refractivity contribution is -0.0308. The summed E-state index contributed by atoms with van der Waals surface area (Å²) in [4.78, 5) is 1.96. The predicted octanol–water partition coefficient (Wildman–Crippen LogP) is 4.70. The van der Waals surface area contributed by atoms with Crippen molar-refractivity contribution < 1.29 is 9.47 Å². The van der Waals surface area contributed by atoms with Gasteiger partial charge in [-0.2, -0.15) is 0 Å². The fraction of sp³-hybridized carbons (Fsp3) is 0.250. The molecule has 0 amide bonds. The highest BCUT2D eigenvalue weighted by Gasteiger charge is 2.61. The van der Waals surface area contributed by atoms with Crippen molar-refractivity contribution in [1.29, 1.82) is 0 Å². The highest BCUT2D eigenvalue weighted by molar-refractivity contribution is 7.80. The van der Waals surface area contributed by atoms with Crippen LogP contribution in [0.2, 0.25) is 0 Å². The molecule has 2 aliphatic rings. The van der Waals surface area contributed by atoms with Crippen LogP contribution < -0.4 is 9.64 Å². The molecule has 4 heteroatoms. The Morgan fingerprint density at radius 1 is 1.00 bits per heavy atom. The van der Waals surface area contributed by atoms with Crippen LogP contribution in [0, 0.1) is 6.92 Å². The minimum absolute atomic E-state index is 0.423. The number of thiocarbonyl (C=S) groups is 1. The van der Waals surface area contributed by atoms with Crippen molar-refractivity contribution in [3.8, 4) is 5.75 Å². The van der Waals surface area contributed by atoms with Crippen LogP contribution in [0.1, 0.15) is 25.0 Å². The molecule has 1 atom stereocenters. The third-order valence-corrected chi connectivity index (χ3v) is 4.92. The molecule has 0 bridgehead atoms. The lowest BCUT2D eigenvalue weighted by Crippen LogP contribution is -2.60. The van der Waals surface area contributed by atoms with Gasteiger partial charge in [0.2, 0.25) is 5.72 Å². The number of benzene rings is 2. The maximum atomic E-state index is 6.51. The molecule has 0 N–H and O–H groups in total. The van der Waals surface area contributed by atoms with Crippen molar-refractivity contribution in [2.24, 2.45) is 0 Å². The fourth-order valence-corrected chi connectivity index (χ4v) is 3.80. The summed E-state index contributed by atoms with van der Waals surface area (Å²) in [6, 6.07) is 16.2. The zero-order chi connectivity index (χ0) is 16.9. The van der Waals surface area contributed by atoms with E-state index in [0.717, 1.165) is 17.0 Å². The largest absolute Gasteiger partial charge is 0.459 e. The van der Waals surface area contributed by atoms with Crippen LogP contribution in [0.4, 0.5) is 5.69 Å². The van der Waals surface area contributed by atoms with Crippen LogP contribution in [0.15, 0.2) is 54.6 Å². The number of hydrogen-bond acceptors (Lipinski definition) is 3. The molecule has 2 aliphatic heterocycles. The molecule has 2 aromatic rings. The molecule has 122 valence electrons. The molecule has 1 saturated heterocycles. The van der Waals surface area contributed by atoms with Crippen molar-refractivity contribution in [3.63, 3.8) is 0 Å². The van der Waals surface area contributed by atoms with Crippen LogP contribution in [0.25, 0.3) is 6.08 Å². The summed E-state index contributed by atoms with van der Waals surface area (Å²) in [5.74, 6) is 0.838. The molecule has 0 radical (unpaired) electrons. The Morgan fingerprint density at radius 3 is 2.50 bits per heavy atom. The molecule has 0 saturated carbocycles. The second-order valence-corrected chi connectivity index (χ2v) is 7.07. The lowest BCUT2D eigenvalue weighted by atomic mass is 9.90. The number of ether oxygens (including phenoxy) is 2. The molecule has 4 rings (SSSR count). The molecule has 0 aliphatic carbocycles. The highest BCUT2D eigenvalue weighted by Crippen LogP contribution is 2.47. The molecule has 1 spiro atoms. The Balaban J connectivity index is 1.88. The number of anilines is 1. The van der Waals surface area contributed by atoms with E-state index in [4.69, 9.17) is 21.7 Å². The van der Waals surface area contributed by atoms with Gasteiger partial charge in [0.15, 0.2) is 5.60 Å². The first-order valence-corrected chi connectivity index (χ1v) is 8.41. The first-order valence-electron chi connectivity index (χ1n) is 8.00. The first kappa shape index (κ1) is 15.2. The van der Waals surface area contributed by atoms with E-state index in [1.54, 1.807) is 0 Å². The van der Waals surface area contributed by atoms with Crippen molar-refractivity contribution in [1.82, 2.24) is 0 Å². The van der Waals surface area contributed by atoms with E-state index < -0.39 is 11.3 Å². The van der Waals surface area contributed by atoms with E-state index >= 15 is 0 Å². The monoisotopic (exact) mass is 337 g/mol. The Morgan fingerprint density at radius 2 is 1.75 bits per heavy atom. The van der Waals surface area contributed by atoms with E-state index in [1.165, 1.54) is 5.56 Å². The Kier molecular flexibility index (Phi) is 3.22. The number of rotatable bonds is 1. The van der Waals surface area contributed by atoms with E-state index in [1.807, 2.05) is 55.1 Å². The topological polar surface area (TPSA) is 21.7 Å². The standard InChI is InChI=1S/C20H19NO2S/c1-14-9-10-17-15(13-14)11-12-20(22-17)19(2,3)23-18(24)21(20)16-7-5-4-6-8-16/h4-13H,1-3H3. The van der Waals surface area contributed by atoms with E-state index in [9.17, 15) is 0 Å². The molecule has 1 unspecified atom stereocenters. The summed E-state index contributed by atoms with van der Waals surface area (Å²) < 4.78 is 12.5. The minimum Gasteiger partial charge on any atom is -0.459 e. The van der Waals surface area contributed by atoms with Gasteiger partial charge in [-0.05, 0) is 69.4 Å². The summed E-state index contributed by atoms with van der Waals surface area (Å²) in [5, 5.41) is 0.423. The van der Waals surface area contributed by atoms with Gasteiger partial charge in [-0.1, -0.05) is 29.8 Å². The van der Waals surface area contributed by atoms with Crippen molar-refractivity contribution in [2.45, 2.75) is 32.1 Å². The van der Waals surface area contributed by atoms with Gasteiger partial charge >= 0.3 is 0 Å². The Labute approximate surface area is 147 Å². The van der Waals surface area contributed by atoms with Crippen molar-refractivity contribution >= 4 is 29.2 Å².